The van der Waals surface area contributed by atoms with E-state index in [4.69, 9.17) is 10.5 Å². The number of rotatable bonds is 10. The van der Waals surface area contributed by atoms with Crippen molar-refractivity contribution >= 4 is 34.0 Å². The van der Waals surface area contributed by atoms with Gasteiger partial charge in [-0.1, -0.05) is 6.07 Å². The lowest BCUT2D eigenvalue weighted by molar-refractivity contribution is -0.137. The molecule has 6 rings (SSSR count). The molecule has 0 bridgehead atoms. The summed E-state index contributed by atoms with van der Waals surface area (Å²) in [5.41, 5.74) is 11.4. The van der Waals surface area contributed by atoms with Crippen LogP contribution in [0.5, 0.6) is 5.88 Å². The van der Waals surface area contributed by atoms with Crippen LogP contribution in [0.4, 0.5) is 11.6 Å². The molecule has 40 heavy (non-hydrogen) atoms. The lowest BCUT2D eigenvalue weighted by Crippen LogP contribution is -2.10. The number of pyridine rings is 2. The molecule has 1 aliphatic carbocycles. The molecule has 1 fully saturated rings. The monoisotopic (exact) mass is 538 g/mol. The van der Waals surface area contributed by atoms with Gasteiger partial charge in [0, 0.05) is 36.8 Å². The van der Waals surface area contributed by atoms with Crippen LogP contribution in [0.3, 0.4) is 0 Å². The quantitative estimate of drug-likeness (QED) is 0.234. The number of aromatic nitrogens is 6. The van der Waals surface area contributed by atoms with E-state index in [0.29, 0.717) is 41.6 Å². The van der Waals surface area contributed by atoms with Crippen molar-refractivity contribution in [2.45, 2.75) is 58.6 Å². The highest BCUT2D eigenvalue weighted by Crippen LogP contribution is 2.39. The number of aryl methyl sites for hydroxylation is 3. The number of nitrogens with two attached hydrogens (primary N) is 1. The smallest absolute Gasteiger partial charge is 0.303 e. The zero-order valence-corrected chi connectivity index (χ0v) is 22.4. The van der Waals surface area contributed by atoms with Crippen molar-refractivity contribution in [1.29, 1.82) is 0 Å². The Hall–Kier alpha value is -4.80. The SMILES string of the molecule is Cc1cc2c(N)nccc2c(C)c1CNc1cc(OCc2nc3ccc(C4CC4)cn3n2)nc(CCC(=O)O)n1. The minimum Gasteiger partial charge on any atom is -0.481 e. The number of hydrogen-bond donors (Lipinski definition) is 3. The third-order valence-corrected chi connectivity index (χ3v) is 7.27. The predicted octanol–water partition coefficient (Wildman–Crippen LogP) is 4.35. The van der Waals surface area contributed by atoms with Crippen molar-refractivity contribution in [2.24, 2.45) is 0 Å². The fourth-order valence-corrected chi connectivity index (χ4v) is 4.95. The Balaban J connectivity index is 1.22. The van der Waals surface area contributed by atoms with E-state index < -0.39 is 5.97 Å². The van der Waals surface area contributed by atoms with Gasteiger partial charge in [-0.3, -0.25) is 4.79 Å². The van der Waals surface area contributed by atoms with Crippen molar-refractivity contribution in [2.75, 3.05) is 11.1 Å². The Bertz CT molecular complexity index is 1750. The van der Waals surface area contributed by atoms with Gasteiger partial charge in [0.15, 0.2) is 18.1 Å². The molecule has 1 aliphatic rings. The number of nitrogen functional groups attached to an aromatic ring is 1. The lowest BCUT2D eigenvalue weighted by atomic mass is 9.96. The fourth-order valence-electron chi connectivity index (χ4n) is 4.95. The van der Waals surface area contributed by atoms with Gasteiger partial charge in [0.2, 0.25) is 5.88 Å². The van der Waals surface area contributed by atoms with Gasteiger partial charge >= 0.3 is 5.97 Å². The van der Waals surface area contributed by atoms with E-state index in [1.54, 1.807) is 16.8 Å². The molecule has 0 saturated heterocycles. The fraction of sp³-hybridized carbons (Fsp3) is 0.310. The molecular weight excluding hydrogens is 508 g/mol. The molecule has 0 radical (unpaired) electrons. The summed E-state index contributed by atoms with van der Waals surface area (Å²) >= 11 is 0. The van der Waals surface area contributed by atoms with Gasteiger partial charge < -0.3 is 20.9 Å². The van der Waals surface area contributed by atoms with Crippen LogP contribution in [0.1, 0.15) is 59.1 Å². The largest absolute Gasteiger partial charge is 0.481 e. The highest BCUT2D eigenvalue weighted by molar-refractivity contribution is 5.94. The Morgan fingerprint density at radius 2 is 1.98 bits per heavy atom. The summed E-state index contributed by atoms with van der Waals surface area (Å²) in [6.07, 6.45) is 6.27. The van der Waals surface area contributed by atoms with Gasteiger partial charge in [-0.25, -0.2) is 19.5 Å². The van der Waals surface area contributed by atoms with E-state index in [2.05, 4.69) is 43.3 Å². The summed E-state index contributed by atoms with van der Waals surface area (Å²) in [6.45, 7) is 4.72. The van der Waals surface area contributed by atoms with Crippen LogP contribution in [0.2, 0.25) is 0 Å². The number of carboxylic acid groups (broad SMARTS) is 1. The third kappa shape index (κ3) is 5.35. The van der Waals surface area contributed by atoms with Crippen molar-refractivity contribution in [3.63, 3.8) is 0 Å². The van der Waals surface area contributed by atoms with E-state index in [0.717, 1.165) is 33.1 Å². The predicted molar refractivity (Wildman–Crippen MR) is 150 cm³/mol. The zero-order chi connectivity index (χ0) is 27.8. The van der Waals surface area contributed by atoms with Gasteiger partial charge in [-0.05, 0) is 78.4 Å². The number of ether oxygens (including phenoxy) is 1. The Morgan fingerprint density at radius 1 is 1.12 bits per heavy atom. The molecule has 4 heterocycles. The topological polar surface area (TPSA) is 153 Å². The Labute approximate surface area is 230 Å². The summed E-state index contributed by atoms with van der Waals surface area (Å²) in [5.74, 6) is 1.99. The van der Waals surface area contributed by atoms with Crippen LogP contribution in [-0.2, 0) is 24.4 Å². The molecule has 4 aromatic heterocycles. The van der Waals surface area contributed by atoms with Crippen LogP contribution in [-0.4, -0.2) is 40.6 Å². The molecule has 5 aromatic rings. The van der Waals surface area contributed by atoms with E-state index in [9.17, 15) is 9.90 Å². The first-order valence-electron chi connectivity index (χ1n) is 13.3. The number of anilines is 2. The number of hydrogen-bond acceptors (Lipinski definition) is 9. The maximum absolute atomic E-state index is 11.2. The molecule has 0 spiro atoms. The molecule has 1 saturated carbocycles. The summed E-state index contributed by atoms with van der Waals surface area (Å²) < 4.78 is 7.76. The average Bonchev–Trinajstić information content (AvgIpc) is 3.70. The molecule has 204 valence electrons. The Morgan fingerprint density at radius 3 is 2.77 bits per heavy atom. The summed E-state index contributed by atoms with van der Waals surface area (Å²) in [4.78, 5) is 28.9. The summed E-state index contributed by atoms with van der Waals surface area (Å²) in [5, 5.41) is 19.1. The molecule has 1 aromatic carbocycles. The van der Waals surface area contributed by atoms with E-state index in [1.807, 2.05) is 31.3 Å². The number of benzene rings is 1. The minimum atomic E-state index is -0.917. The van der Waals surface area contributed by atoms with Gasteiger partial charge in [-0.2, -0.15) is 4.98 Å². The number of carbonyl (C=O) groups is 1. The highest BCUT2D eigenvalue weighted by atomic mass is 16.5. The van der Waals surface area contributed by atoms with Crippen LogP contribution in [0, 0.1) is 13.8 Å². The van der Waals surface area contributed by atoms with Gasteiger partial charge in [0.25, 0.3) is 0 Å². The first-order chi connectivity index (χ1) is 19.3. The maximum Gasteiger partial charge on any atom is 0.303 e. The molecular formula is C29H30N8O3. The third-order valence-electron chi connectivity index (χ3n) is 7.27. The van der Waals surface area contributed by atoms with Crippen molar-refractivity contribution in [3.8, 4) is 5.88 Å². The number of aliphatic carboxylic acids is 1. The summed E-state index contributed by atoms with van der Waals surface area (Å²) in [6, 6.07) is 9.80. The van der Waals surface area contributed by atoms with E-state index >= 15 is 0 Å². The molecule has 0 aliphatic heterocycles. The number of nitrogens with one attached hydrogen (secondary N) is 1. The van der Waals surface area contributed by atoms with Gasteiger partial charge in [0.1, 0.15) is 17.5 Å². The normalized spacial score (nSPS) is 13.2. The summed E-state index contributed by atoms with van der Waals surface area (Å²) in [7, 11) is 0. The van der Waals surface area contributed by atoms with Crippen molar-refractivity contribution < 1.29 is 14.6 Å². The number of nitrogens with zero attached hydrogens (tertiary/aromatic N) is 6. The minimum absolute atomic E-state index is 0.0848. The Kier molecular flexibility index (Phi) is 6.63. The molecule has 11 heteroatoms. The van der Waals surface area contributed by atoms with Crippen LogP contribution in [0.15, 0.2) is 42.7 Å². The second-order valence-corrected chi connectivity index (χ2v) is 10.2. The molecule has 0 atom stereocenters. The first kappa shape index (κ1) is 25.5. The first-order valence-corrected chi connectivity index (χ1v) is 13.3. The van der Waals surface area contributed by atoms with E-state index in [1.165, 1.54) is 18.4 Å². The average molecular weight is 539 g/mol. The van der Waals surface area contributed by atoms with Gasteiger partial charge in [-0.15, -0.1) is 5.10 Å². The number of fused-ring (bicyclic) bond motifs is 2. The van der Waals surface area contributed by atoms with E-state index in [-0.39, 0.29) is 19.4 Å². The van der Waals surface area contributed by atoms with Crippen LogP contribution >= 0.6 is 0 Å². The molecule has 11 nitrogen and oxygen atoms in total. The highest BCUT2D eigenvalue weighted by Gasteiger charge is 2.24. The van der Waals surface area contributed by atoms with Crippen LogP contribution in [0.25, 0.3) is 16.4 Å². The zero-order valence-electron chi connectivity index (χ0n) is 22.4. The van der Waals surface area contributed by atoms with Crippen molar-refractivity contribution in [3.05, 3.63) is 76.6 Å². The second kappa shape index (κ2) is 10.4. The standard InChI is InChI=1S/C29H30N8O3/c1-16-11-21-20(9-10-31-29(21)30)17(2)22(16)13-32-24-12-27(35-23(33-24)6-8-28(38)39)40-15-25-34-26-7-5-19(18-3-4-18)14-37(26)36-25/h5,7,9-12,14,18H,3-4,6,8,13,15H2,1-2H3,(H2,30,31)(H,38,39)(H,32,33,35). The number of carboxylic acids is 1. The van der Waals surface area contributed by atoms with Crippen molar-refractivity contribution in [1.82, 2.24) is 29.5 Å². The van der Waals surface area contributed by atoms with Gasteiger partial charge in [0.05, 0.1) is 6.42 Å². The van der Waals surface area contributed by atoms with Crippen LogP contribution < -0.4 is 15.8 Å². The lowest BCUT2D eigenvalue weighted by Gasteiger charge is -2.16. The molecule has 4 N–H and O–H groups in total. The molecule has 0 unspecified atom stereocenters. The molecule has 0 amide bonds. The second-order valence-electron chi connectivity index (χ2n) is 10.2. The maximum atomic E-state index is 11.2.